The van der Waals surface area contributed by atoms with Crippen LogP contribution in [0.25, 0.3) is 11.0 Å². The van der Waals surface area contributed by atoms with Gasteiger partial charge in [0.2, 0.25) is 0 Å². The topological polar surface area (TPSA) is 28.7 Å². The van der Waals surface area contributed by atoms with E-state index in [-0.39, 0.29) is 0 Å². The lowest BCUT2D eigenvalue weighted by Crippen LogP contribution is -1.72. The fraction of sp³-hybridized carbons (Fsp3) is 0.125. The molecule has 0 aliphatic carbocycles. The average Bonchev–Trinajstić information content (AvgIpc) is 2.30. The van der Waals surface area contributed by atoms with Crippen LogP contribution in [0.2, 0.25) is 0 Å². The molecule has 0 fully saturated rings. The highest BCUT2D eigenvalue weighted by Gasteiger charge is 2.03. The number of rotatable bonds is 0. The molecule has 0 aromatic carbocycles. The first-order chi connectivity index (χ1) is 5.29. The highest BCUT2D eigenvalue weighted by atomic mass is 127. The molecule has 0 atom stereocenters. The minimum Gasteiger partial charge on any atom is -0.343 e. The number of fused-ring (bicyclic) bond motifs is 1. The zero-order chi connectivity index (χ0) is 7.84. The average molecular weight is 258 g/mol. The Labute approximate surface area is 78.2 Å². The quantitative estimate of drug-likeness (QED) is 0.722. The summed E-state index contributed by atoms with van der Waals surface area (Å²) in [7, 11) is 0. The molecule has 3 heteroatoms. The molecule has 0 radical (unpaired) electrons. The number of nitrogens with one attached hydrogen (secondary N) is 1. The second-order valence-electron chi connectivity index (χ2n) is 2.46. The lowest BCUT2D eigenvalue weighted by molar-refractivity contribution is 1.24. The van der Waals surface area contributed by atoms with Crippen molar-refractivity contribution >= 4 is 33.6 Å². The summed E-state index contributed by atoms with van der Waals surface area (Å²) in [5.74, 6) is 0. The lowest BCUT2D eigenvalue weighted by atomic mass is 10.3. The Morgan fingerprint density at radius 3 is 3.09 bits per heavy atom. The predicted molar refractivity (Wildman–Crippen MR) is 53.5 cm³/mol. The molecule has 2 heterocycles. The Bertz CT molecular complexity index is 392. The number of halogens is 1. The van der Waals surface area contributed by atoms with E-state index in [9.17, 15) is 0 Å². The number of aromatic amines is 1. The van der Waals surface area contributed by atoms with Crippen molar-refractivity contribution in [2.45, 2.75) is 6.92 Å². The van der Waals surface area contributed by atoms with Gasteiger partial charge in [0.15, 0.2) is 0 Å². The summed E-state index contributed by atoms with van der Waals surface area (Å²) >= 11 is 2.33. The van der Waals surface area contributed by atoms with E-state index < -0.39 is 0 Å². The molecule has 0 bridgehead atoms. The monoisotopic (exact) mass is 258 g/mol. The highest BCUT2D eigenvalue weighted by Crippen LogP contribution is 2.21. The Balaban J connectivity index is 2.92. The maximum Gasteiger partial charge on any atom is 0.138 e. The Kier molecular flexibility index (Phi) is 1.60. The molecule has 2 aromatic rings. The van der Waals surface area contributed by atoms with Crippen molar-refractivity contribution in [3.05, 3.63) is 27.6 Å². The van der Waals surface area contributed by atoms with E-state index in [2.05, 4.69) is 45.5 Å². The van der Waals surface area contributed by atoms with Crippen LogP contribution in [-0.4, -0.2) is 9.97 Å². The number of hydrogen-bond donors (Lipinski definition) is 1. The molecular weight excluding hydrogens is 251 g/mol. The van der Waals surface area contributed by atoms with E-state index in [0.717, 1.165) is 5.65 Å². The first-order valence-corrected chi connectivity index (χ1v) is 4.45. The van der Waals surface area contributed by atoms with Gasteiger partial charge in [-0.25, -0.2) is 4.98 Å². The van der Waals surface area contributed by atoms with E-state index in [4.69, 9.17) is 0 Å². The second kappa shape index (κ2) is 2.48. The van der Waals surface area contributed by atoms with Gasteiger partial charge in [-0.1, -0.05) is 0 Å². The Morgan fingerprint density at radius 1 is 1.55 bits per heavy atom. The Morgan fingerprint density at radius 2 is 2.36 bits per heavy atom. The zero-order valence-corrected chi connectivity index (χ0v) is 8.21. The fourth-order valence-electron chi connectivity index (χ4n) is 1.12. The van der Waals surface area contributed by atoms with Gasteiger partial charge in [0.05, 0.1) is 0 Å². The molecule has 0 spiro atoms. The molecule has 2 aromatic heterocycles. The van der Waals surface area contributed by atoms with Crippen LogP contribution in [0.3, 0.4) is 0 Å². The summed E-state index contributed by atoms with van der Waals surface area (Å²) in [6.45, 7) is 2.06. The summed E-state index contributed by atoms with van der Waals surface area (Å²) in [6.07, 6.45) is 1.80. The van der Waals surface area contributed by atoms with Crippen molar-refractivity contribution in [1.82, 2.24) is 9.97 Å². The van der Waals surface area contributed by atoms with Gasteiger partial charge in [-0.3, -0.25) is 0 Å². The summed E-state index contributed by atoms with van der Waals surface area (Å²) < 4.78 is 1.27. The van der Waals surface area contributed by atoms with Crippen molar-refractivity contribution in [1.29, 1.82) is 0 Å². The molecule has 0 unspecified atom stereocenters. The van der Waals surface area contributed by atoms with Crippen LogP contribution in [0.1, 0.15) is 5.69 Å². The smallest absolute Gasteiger partial charge is 0.138 e. The Hall–Kier alpha value is -0.580. The van der Waals surface area contributed by atoms with Crippen LogP contribution in [0.5, 0.6) is 0 Å². The van der Waals surface area contributed by atoms with Crippen LogP contribution in [0.4, 0.5) is 0 Å². The maximum absolute atomic E-state index is 4.20. The number of pyridine rings is 1. The second-order valence-corrected chi connectivity index (χ2v) is 3.54. The van der Waals surface area contributed by atoms with Gasteiger partial charge in [-0.2, -0.15) is 0 Å². The minimum atomic E-state index is 0.981. The minimum absolute atomic E-state index is 0.981. The molecular formula is C8H7IN2. The largest absolute Gasteiger partial charge is 0.343 e. The van der Waals surface area contributed by atoms with Crippen LogP contribution >= 0.6 is 22.6 Å². The van der Waals surface area contributed by atoms with Crippen LogP contribution in [0, 0.1) is 10.5 Å². The van der Waals surface area contributed by atoms with Gasteiger partial charge in [0, 0.05) is 20.8 Å². The van der Waals surface area contributed by atoms with Crippen LogP contribution in [0.15, 0.2) is 18.3 Å². The first-order valence-electron chi connectivity index (χ1n) is 3.38. The van der Waals surface area contributed by atoms with E-state index in [1.807, 2.05) is 6.07 Å². The number of hydrogen-bond acceptors (Lipinski definition) is 1. The normalized spacial score (nSPS) is 10.7. The van der Waals surface area contributed by atoms with Crippen LogP contribution in [-0.2, 0) is 0 Å². The van der Waals surface area contributed by atoms with Gasteiger partial charge >= 0.3 is 0 Å². The van der Waals surface area contributed by atoms with E-state index in [0.29, 0.717) is 0 Å². The van der Waals surface area contributed by atoms with E-state index >= 15 is 0 Å². The molecule has 1 N–H and O–H groups in total. The third-order valence-electron chi connectivity index (χ3n) is 1.68. The van der Waals surface area contributed by atoms with Crippen molar-refractivity contribution in [2.75, 3.05) is 0 Å². The number of aryl methyl sites for hydroxylation is 1. The van der Waals surface area contributed by atoms with Gasteiger partial charge in [-0.05, 0) is 41.6 Å². The SMILES string of the molecule is Cc1[nH]c2ncccc2c1I. The molecule has 0 saturated heterocycles. The number of aromatic nitrogens is 2. The zero-order valence-electron chi connectivity index (χ0n) is 6.06. The molecule has 0 aliphatic heterocycles. The van der Waals surface area contributed by atoms with Gasteiger partial charge in [0.25, 0.3) is 0 Å². The maximum atomic E-state index is 4.20. The van der Waals surface area contributed by atoms with Crippen molar-refractivity contribution in [3.8, 4) is 0 Å². The highest BCUT2D eigenvalue weighted by molar-refractivity contribution is 14.1. The van der Waals surface area contributed by atoms with Gasteiger partial charge in [-0.15, -0.1) is 0 Å². The third kappa shape index (κ3) is 1.03. The van der Waals surface area contributed by atoms with Crippen molar-refractivity contribution in [3.63, 3.8) is 0 Å². The van der Waals surface area contributed by atoms with Gasteiger partial charge < -0.3 is 4.98 Å². The molecule has 56 valence electrons. The molecule has 2 nitrogen and oxygen atoms in total. The molecule has 0 saturated carbocycles. The van der Waals surface area contributed by atoms with E-state index in [1.54, 1.807) is 6.20 Å². The molecule has 11 heavy (non-hydrogen) atoms. The molecule has 2 rings (SSSR count). The van der Waals surface area contributed by atoms with Crippen LogP contribution < -0.4 is 0 Å². The molecule has 0 aliphatic rings. The third-order valence-corrected chi connectivity index (χ3v) is 3.07. The summed E-state index contributed by atoms with van der Waals surface area (Å²) in [5.41, 5.74) is 2.17. The predicted octanol–water partition coefficient (Wildman–Crippen LogP) is 2.48. The number of nitrogens with zero attached hydrogens (tertiary/aromatic N) is 1. The lowest BCUT2D eigenvalue weighted by Gasteiger charge is -1.85. The van der Waals surface area contributed by atoms with E-state index in [1.165, 1.54) is 14.7 Å². The summed E-state index contributed by atoms with van der Waals surface area (Å²) in [5, 5.41) is 1.21. The number of H-pyrrole nitrogens is 1. The van der Waals surface area contributed by atoms with Crippen molar-refractivity contribution in [2.24, 2.45) is 0 Å². The fourth-order valence-corrected chi connectivity index (χ4v) is 1.69. The summed E-state index contributed by atoms with van der Waals surface area (Å²) in [4.78, 5) is 7.41. The van der Waals surface area contributed by atoms with Crippen molar-refractivity contribution < 1.29 is 0 Å². The van der Waals surface area contributed by atoms with Gasteiger partial charge in [0.1, 0.15) is 5.65 Å². The summed E-state index contributed by atoms with van der Waals surface area (Å²) in [6, 6.07) is 4.03. The molecule has 0 amide bonds. The standard InChI is InChI=1S/C8H7IN2/c1-5-7(9)6-3-2-4-10-8(6)11-5/h2-4H,1H3,(H,10,11). The first kappa shape index (κ1) is 7.09.